The van der Waals surface area contributed by atoms with E-state index in [2.05, 4.69) is 0 Å². The van der Waals surface area contributed by atoms with E-state index in [-0.39, 0.29) is 12.4 Å². The predicted octanol–water partition coefficient (Wildman–Crippen LogP) is 2.11. The summed E-state index contributed by atoms with van der Waals surface area (Å²) in [6, 6.07) is 5.70. The molecule has 1 fully saturated rings. The van der Waals surface area contributed by atoms with Crippen LogP contribution in [0.4, 0.5) is 0 Å². The maximum atomic E-state index is 5.73. The van der Waals surface area contributed by atoms with Crippen molar-refractivity contribution in [1.82, 2.24) is 0 Å². The Kier molecular flexibility index (Phi) is 3.09. The third-order valence-electron chi connectivity index (χ3n) is 2.76. The monoisotopic (exact) mass is 256 g/mol. The predicted molar refractivity (Wildman–Crippen MR) is 61.7 cm³/mol. The number of alkyl halides is 1. The van der Waals surface area contributed by atoms with Crippen LogP contribution in [0.5, 0.6) is 11.5 Å². The first kappa shape index (κ1) is 11.1. The SMILES string of the molecule is ClCC1COC(c2ccc3c(c2)OCCO3)O1. The Hall–Kier alpha value is -0.970. The lowest BCUT2D eigenvalue weighted by Gasteiger charge is -2.20. The molecule has 1 aromatic carbocycles. The molecule has 2 heterocycles. The number of halogens is 1. The molecule has 0 spiro atoms. The van der Waals surface area contributed by atoms with E-state index in [1.54, 1.807) is 0 Å². The quantitative estimate of drug-likeness (QED) is 0.760. The Morgan fingerprint density at radius 2 is 2.00 bits per heavy atom. The Morgan fingerprint density at radius 1 is 1.18 bits per heavy atom. The van der Waals surface area contributed by atoms with Gasteiger partial charge in [0.2, 0.25) is 0 Å². The normalized spacial score (nSPS) is 27.1. The van der Waals surface area contributed by atoms with Gasteiger partial charge in [-0.1, -0.05) is 6.07 Å². The van der Waals surface area contributed by atoms with Crippen LogP contribution in [-0.4, -0.2) is 31.8 Å². The van der Waals surface area contributed by atoms with Crippen LogP contribution in [0.3, 0.4) is 0 Å². The van der Waals surface area contributed by atoms with Crippen molar-refractivity contribution in [2.75, 3.05) is 25.7 Å². The Bertz CT molecular complexity index is 409. The van der Waals surface area contributed by atoms with Gasteiger partial charge in [-0.25, -0.2) is 0 Å². The number of hydrogen-bond donors (Lipinski definition) is 0. The molecule has 3 rings (SSSR count). The highest BCUT2D eigenvalue weighted by atomic mass is 35.5. The summed E-state index contributed by atoms with van der Waals surface area (Å²) in [6.07, 6.45) is -0.385. The van der Waals surface area contributed by atoms with E-state index < -0.39 is 0 Å². The van der Waals surface area contributed by atoms with Crippen molar-refractivity contribution in [3.63, 3.8) is 0 Å². The molecule has 1 saturated heterocycles. The standard InChI is InChI=1S/C12H13ClO4/c13-6-9-7-16-12(17-9)8-1-2-10-11(5-8)15-4-3-14-10/h1-2,5,9,12H,3-4,6-7H2. The van der Waals surface area contributed by atoms with Crippen molar-refractivity contribution in [2.45, 2.75) is 12.4 Å². The zero-order valence-electron chi connectivity index (χ0n) is 9.23. The van der Waals surface area contributed by atoms with Gasteiger partial charge in [0.1, 0.15) is 13.2 Å². The van der Waals surface area contributed by atoms with Gasteiger partial charge < -0.3 is 18.9 Å². The molecule has 1 aromatic rings. The fraction of sp³-hybridized carbons (Fsp3) is 0.500. The lowest BCUT2D eigenvalue weighted by Crippen LogP contribution is -2.15. The molecular formula is C12H13ClO4. The van der Waals surface area contributed by atoms with Gasteiger partial charge in [-0.3, -0.25) is 0 Å². The zero-order chi connectivity index (χ0) is 11.7. The van der Waals surface area contributed by atoms with Crippen LogP contribution in [0.15, 0.2) is 18.2 Å². The molecule has 17 heavy (non-hydrogen) atoms. The van der Waals surface area contributed by atoms with Gasteiger partial charge >= 0.3 is 0 Å². The first-order valence-electron chi connectivity index (χ1n) is 5.59. The van der Waals surface area contributed by atoms with E-state index >= 15 is 0 Å². The summed E-state index contributed by atoms with van der Waals surface area (Å²) in [4.78, 5) is 0. The largest absolute Gasteiger partial charge is 0.486 e. The van der Waals surface area contributed by atoms with E-state index in [0.29, 0.717) is 25.7 Å². The van der Waals surface area contributed by atoms with E-state index in [0.717, 1.165) is 17.1 Å². The van der Waals surface area contributed by atoms with Crippen molar-refractivity contribution in [2.24, 2.45) is 0 Å². The molecule has 0 bridgehead atoms. The number of benzene rings is 1. The van der Waals surface area contributed by atoms with Gasteiger partial charge in [0.25, 0.3) is 0 Å². The maximum absolute atomic E-state index is 5.73. The highest BCUT2D eigenvalue weighted by Gasteiger charge is 2.27. The first-order chi connectivity index (χ1) is 8.36. The van der Waals surface area contributed by atoms with Crippen LogP contribution in [0.1, 0.15) is 11.9 Å². The topological polar surface area (TPSA) is 36.9 Å². The minimum absolute atomic E-state index is 0.0325. The van der Waals surface area contributed by atoms with Crippen molar-refractivity contribution >= 4 is 11.6 Å². The van der Waals surface area contributed by atoms with Crippen molar-refractivity contribution in [3.05, 3.63) is 23.8 Å². The molecule has 2 atom stereocenters. The van der Waals surface area contributed by atoms with Gasteiger partial charge in [-0.2, -0.15) is 0 Å². The molecule has 92 valence electrons. The van der Waals surface area contributed by atoms with E-state index in [4.69, 9.17) is 30.5 Å². The maximum Gasteiger partial charge on any atom is 0.184 e. The average Bonchev–Trinajstić information content (AvgIpc) is 2.87. The third kappa shape index (κ3) is 2.20. The summed E-state index contributed by atoms with van der Waals surface area (Å²) < 4.78 is 22.1. The second-order valence-electron chi connectivity index (χ2n) is 3.98. The Labute approximate surface area is 104 Å². The van der Waals surface area contributed by atoms with Gasteiger partial charge in [0.05, 0.1) is 18.6 Å². The van der Waals surface area contributed by atoms with Gasteiger partial charge in [-0.05, 0) is 12.1 Å². The Balaban J connectivity index is 1.79. The summed E-state index contributed by atoms with van der Waals surface area (Å²) in [5.41, 5.74) is 0.932. The molecule has 5 heteroatoms. The van der Waals surface area contributed by atoms with Gasteiger partial charge in [-0.15, -0.1) is 11.6 Å². The fourth-order valence-electron chi connectivity index (χ4n) is 1.91. The highest BCUT2D eigenvalue weighted by molar-refractivity contribution is 6.18. The Morgan fingerprint density at radius 3 is 2.76 bits per heavy atom. The zero-order valence-corrected chi connectivity index (χ0v) is 9.98. The number of rotatable bonds is 2. The van der Waals surface area contributed by atoms with Crippen LogP contribution < -0.4 is 9.47 Å². The van der Waals surface area contributed by atoms with E-state index in [9.17, 15) is 0 Å². The molecule has 0 saturated carbocycles. The lowest BCUT2D eigenvalue weighted by molar-refractivity contribution is -0.0569. The van der Waals surface area contributed by atoms with Gasteiger partial charge in [0, 0.05) is 5.56 Å². The summed E-state index contributed by atoms with van der Waals surface area (Å²) in [6.45, 7) is 1.70. The molecule has 0 amide bonds. The minimum Gasteiger partial charge on any atom is -0.486 e. The molecule has 2 aliphatic rings. The van der Waals surface area contributed by atoms with E-state index in [1.165, 1.54) is 0 Å². The molecule has 0 aliphatic carbocycles. The average molecular weight is 257 g/mol. The van der Waals surface area contributed by atoms with Crippen LogP contribution in [0.2, 0.25) is 0 Å². The van der Waals surface area contributed by atoms with Crippen molar-refractivity contribution in [1.29, 1.82) is 0 Å². The first-order valence-corrected chi connectivity index (χ1v) is 6.13. The molecule has 0 radical (unpaired) electrons. The highest BCUT2D eigenvalue weighted by Crippen LogP contribution is 2.35. The molecular weight excluding hydrogens is 244 g/mol. The summed E-state index contributed by atoms with van der Waals surface area (Å²) >= 11 is 5.73. The second kappa shape index (κ2) is 4.72. The molecule has 0 aromatic heterocycles. The lowest BCUT2D eigenvalue weighted by atomic mass is 10.2. The number of ether oxygens (including phenoxy) is 4. The van der Waals surface area contributed by atoms with Crippen LogP contribution >= 0.6 is 11.6 Å². The van der Waals surface area contributed by atoms with Crippen molar-refractivity contribution < 1.29 is 18.9 Å². The summed E-state index contributed by atoms with van der Waals surface area (Å²) in [5.74, 6) is 1.96. The van der Waals surface area contributed by atoms with Crippen LogP contribution in [0, 0.1) is 0 Å². The minimum atomic E-state index is -0.352. The smallest absolute Gasteiger partial charge is 0.184 e. The third-order valence-corrected chi connectivity index (χ3v) is 3.10. The van der Waals surface area contributed by atoms with E-state index in [1.807, 2.05) is 18.2 Å². The molecule has 2 unspecified atom stereocenters. The van der Waals surface area contributed by atoms with Gasteiger partial charge in [0.15, 0.2) is 17.8 Å². The summed E-state index contributed by atoms with van der Waals surface area (Å²) in [5, 5.41) is 0. The number of hydrogen-bond acceptors (Lipinski definition) is 4. The number of fused-ring (bicyclic) bond motifs is 1. The fourth-order valence-corrected chi connectivity index (χ4v) is 2.07. The van der Waals surface area contributed by atoms with Crippen LogP contribution in [-0.2, 0) is 9.47 Å². The van der Waals surface area contributed by atoms with Crippen LogP contribution in [0.25, 0.3) is 0 Å². The molecule has 0 N–H and O–H groups in total. The summed E-state index contributed by atoms with van der Waals surface area (Å²) in [7, 11) is 0. The second-order valence-corrected chi connectivity index (χ2v) is 4.29. The molecule has 2 aliphatic heterocycles. The molecule has 4 nitrogen and oxygen atoms in total. The van der Waals surface area contributed by atoms with Crippen molar-refractivity contribution in [3.8, 4) is 11.5 Å².